The molecule has 1 aromatic heterocycles. The molecule has 1 heterocycles. The molecule has 1 fully saturated rings. The standard InChI is InChI=1S/C16H22N2O2/c1-4-20-16(19)15-12-7-5-6-11-9(2)17-18-10(3)13(11)8-14(12)15/h12,14-15H,4-8H2,1-3H3/t12-,14+,15+/m1/s1. The van der Waals surface area contributed by atoms with Gasteiger partial charge in [-0.1, -0.05) is 0 Å². The summed E-state index contributed by atoms with van der Waals surface area (Å²) in [7, 11) is 0. The third-order valence-corrected chi connectivity index (χ3v) is 4.88. The smallest absolute Gasteiger partial charge is 0.309 e. The summed E-state index contributed by atoms with van der Waals surface area (Å²) in [6.45, 7) is 6.43. The van der Waals surface area contributed by atoms with Crippen molar-refractivity contribution >= 4 is 5.97 Å². The summed E-state index contributed by atoms with van der Waals surface area (Å²) >= 11 is 0. The lowest BCUT2D eigenvalue weighted by Gasteiger charge is -2.16. The first kappa shape index (κ1) is 13.5. The number of ether oxygens (including phenoxy) is 1. The molecule has 2 aliphatic rings. The zero-order valence-corrected chi connectivity index (χ0v) is 12.5. The molecular weight excluding hydrogens is 252 g/mol. The van der Waals surface area contributed by atoms with Crippen LogP contribution in [0, 0.1) is 31.6 Å². The Morgan fingerprint density at radius 2 is 1.90 bits per heavy atom. The molecular formula is C16H22N2O2. The number of hydrogen-bond donors (Lipinski definition) is 0. The molecule has 0 aromatic carbocycles. The van der Waals surface area contributed by atoms with E-state index in [2.05, 4.69) is 10.2 Å². The number of carbonyl (C=O) groups is 1. The quantitative estimate of drug-likeness (QED) is 0.777. The van der Waals surface area contributed by atoms with Gasteiger partial charge in [0.25, 0.3) is 0 Å². The van der Waals surface area contributed by atoms with Crippen molar-refractivity contribution in [3.05, 3.63) is 22.5 Å². The lowest BCUT2D eigenvalue weighted by atomic mass is 9.92. The van der Waals surface area contributed by atoms with Crippen molar-refractivity contribution in [2.75, 3.05) is 6.61 Å². The SMILES string of the molecule is CCOC(=O)[C@H]1[C@@H]2CCCc3c(C)nnc(C)c3C[C@@H]21. The highest BCUT2D eigenvalue weighted by Crippen LogP contribution is 2.53. The van der Waals surface area contributed by atoms with Crippen molar-refractivity contribution in [1.82, 2.24) is 10.2 Å². The Bertz CT molecular complexity index is 542. The van der Waals surface area contributed by atoms with E-state index in [1.807, 2.05) is 20.8 Å². The molecule has 0 aliphatic heterocycles. The molecule has 0 spiro atoms. The van der Waals surface area contributed by atoms with Crippen LogP contribution in [0.25, 0.3) is 0 Å². The average molecular weight is 274 g/mol. The maximum absolute atomic E-state index is 12.0. The number of rotatable bonds is 2. The third-order valence-electron chi connectivity index (χ3n) is 4.88. The van der Waals surface area contributed by atoms with Crippen LogP contribution >= 0.6 is 0 Å². The Kier molecular flexibility index (Phi) is 3.48. The van der Waals surface area contributed by atoms with E-state index in [-0.39, 0.29) is 11.9 Å². The summed E-state index contributed by atoms with van der Waals surface area (Å²) in [5.41, 5.74) is 4.78. The molecule has 0 amide bonds. The number of nitrogens with zero attached hydrogens (tertiary/aromatic N) is 2. The van der Waals surface area contributed by atoms with Gasteiger partial charge < -0.3 is 4.74 Å². The first-order valence-corrected chi connectivity index (χ1v) is 7.61. The van der Waals surface area contributed by atoms with Crippen molar-refractivity contribution in [3.63, 3.8) is 0 Å². The molecule has 4 nitrogen and oxygen atoms in total. The van der Waals surface area contributed by atoms with Crippen LogP contribution < -0.4 is 0 Å². The zero-order valence-electron chi connectivity index (χ0n) is 12.5. The van der Waals surface area contributed by atoms with Gasteiger partial charge in [0, 0.05) is 0 Å². The molecule has 1 saturated carbocycles. The van der Waals surface area contributed by atoms with Gasteiger partial charge in [-0.25, -0.2) is 0 Å². The average Bonchev–Trinajstić information content (AvgIpc) is 3.05. The van der Waals surface area contributed by atoms with Gasteiger partial charge in [-0.05, 0) is 69.4 Å². The fraction of sp³-hybridized carbons (Fsp3) is 0.688. The molecule has 20 heavy (non-hydrogen) atoms. The van der Waals surface area contributed by atoms with Crippen molar-refractivity contribution in [3.8, 4) is 0 Å². The van der Waals surface area contributed by atoms with E-state index in [0.29, 0.717) is 18.4 Å². The van der Waals surface area contributed by atoms with Crippen molar-refractivity contribution < 1.29 is 9.53 Å². The summed E-state index contributed by atoms with van der Waals surface area (Å²) in [4.78, 5) is 12.0. The van der Waals surface area contributed by atoms with Crippen molar-refractivity contribution in [1.29, 1.82) is 0 Å². The van der Waals surface area contributed by atoms with Crippen LogP contribution in [0.5, 0.6) is 0 Å². The fourth-order valence-corrected chi connectivity index (χ4v) is 3.77. The Labute approximate surface area is 119 Å². The number of hydrogen-bond acceptors (Lipinski definition) is 4. The highest BCUT2D eigenvalue weighted by atomic mass is 16.5. The first-order valence-electron chi connectivity index (χ1n) is 7.61. The molecule has 0 N–H and O–H groups in total. The monoisotopic (exact) mass is 274 g/mol. The van der Waals surface area contributed by atoms with E-state index in [4.69, 9.17) is 4.74 Å². The van der Waals surface area contributed by atoms with Gasteiger partial charge in [-0.3, -0.25) is 4.79 Å². The molecule has 2 aliphatic carbocycles. The lowest BCUT2D eigenvalue weighted by molar-refractivity contribution is -0.145. The number of carbonyl (C=O) groups excluding carboxylic acids is 1. The highest BCUT2D eigenvalue weighted by molar-refractivity contribution is 5.76. The molecule has 3 atom stereocenters. The van der Waals surface area contributed by atoms with Crippen LogP contribution in [-0.2, 0) is 22.4 Å². The Morgan fingerprint density at radius 3 is 2.60 bits per heavy atom. The minimum Gasteiger partial charge on any atom is -0.466 e. The van der Waals surface area contributed by atoms with Gasteiger partial charge in [-0.2, -0.15) is 10.2 Å². The fourth-order valence-electron chi connectivity index (χ4n) is 3.77. The second kappa shape index (κ2) is 5.15. The molecule has 0 unspecified atom stereocenters. The van der Waals surface area contributed by atoms with Crippen molar-refractivity contribution in [2.24, 2.45) is 17.8 Å². The maximum atomic E-state index is 12.0. The Hall–Kier alpha value is -1.45. The topological polar surface area (TPSA) is 52.1 Å². The van der Waals surface area contributed by atoms with E-state index in [1.54, 1.807) is 0 Å². The lowest BCUT2D eigenvalue weighted by Crippen LogP contribution is -2.11. The first-order chi connectivity index (χ1) is 9.63. The summed E-state index contributed by atoms with van der Waals surface area (Å²) in [5, 5.41) is 8.50. The Morgan fingerprint density at radius 1 is 1.20 bits per heavy atom. The van der Waals surface area contributed by atoms with Crippen LogP contribution in [0.3, 0.4) is 0 Å². The normalized spacial score (nSPS) is 27.9. The van der Waals surface area contributed by atoms with Gasteiger partial charge >= 0.3 is 5.97 Å². The molecule has 0 saturated heterocycles. The van der Waals surface area contributed by atoms with Gasteiger partial charge in [0.15, 0.2) is 0 Å². The third kappa shape index (κ3) is 2.21. The van der Waals surface area contributed by atoms with Crippen LogP contribution in [0.2, 0.25) is 0 Å². The van der Waals surface area contributed by atoms with Crippen LogP contribution in [0.4, 0.5) is 0 Å². The van der Waals surface area contributed by atoms with Crippen LogP contribution in [-0.4, -0.2) is 22.8 Å². The summed E-state index contributed by atoms with van der Waals surface area (Å²) in [6.07, 6.45) is 4.30. The molecule has 3 rings (SSSR count). The van der Waals surface area contributed by atoms with Gasteiger partial charge in [-0.15, -0.1) is 0 Å². The van der Waals surface area contributed by atoms with E-state index in [1.165, 1.54) is 11.1 Å². The van der Waals surface area contributed by atoms with Gasteiger partial charge in [0.05, 0.1) is 23.9 Å². The minimum atomic E-state index is 0.00217. The molecule has 108 valence electrons. The Balaban J connectivity index is 1.86. The van der Waals surface area contributed by atoms with E-state index < -0.39 is 0 Å². The number of aromatic nitrogens is 2. The maximum Gasteiger partial charge on any atom is 0.309 e. The van der Waals surface area contributed by atoms with E-state index >= 15 is 0 Å². The predicted molar refractivity (Wildman–Crippen MR) is 75.3 cm³/mol. The number of fused-ring (bicyclic) bond motifs is 2. The second-order valence-corrected chi connectivity index (χ2v) is 6.03. The van der Waals surface area contributed by atoms with E-state index in [0.717, 1.165) is 37.1 Å². The largest absolute Gasteiger partial charge is 0.466 e. The molecule has 0 bridgehead atoms. The summed E-state index contributed by atoms with van der Waals surface area (Å²) in [5.74, 6) is 1.10. The predicted octanol–water partition coefficient (Wildman–Crippen LogP) is 2.40. The second-order valence-electron chi connectivity index (χ2n) is 6.03. The molecule has 1 aromatic rings. The summed E-state index contributed by atoms with van der Waals surface area (Å²) in [6, 6.07) is 0. The molecule has 0 radical (unpaired) electrons. The highest BCUT2D eigenvalue weighted by Gasteiger charge is 2.55. The van der Waals surface area contributed by atoms with Crippen molar-refractivity contribution in [2.45, 2.75) is 46.5 Å². The van der Waals surface area contributed by atoms with Gasteiger partial charge in [0.1, 0.15) is 0 Å². The van der Waals surface area contributed by atoms with Crippen LogP contribution in [0.15, 0.2) is 0 Å². The zero-order chi connectivity index (χ0) is 14.3. The van der Waals surface area contributed by atoms with E-state index in [9.17, 15) is 4.79 Å². The van der Waals surface area contributed by atoms with Crippen LogP contribution in [0.1, 0.15) is 42.3 Å². The number of aryl methyl sites for hydroxylation is 2. The minimum absolute atomic E-state index is 0.00217. The van der Waals surface area contributed by atoms with Gasteiger partial charge in [0.2, 0.25) is 0 Å². The summed E-state index contributed by atoms with van der Waals surface area (Å²) < 4.78 is 5.21. The molecule has 4 heteroatoms. The number of esters is 1.